The highest BCUT2D eigenvalue weighted by Crippen LogP contribution is 2.32. The average molecular weight is 286 g/mol. The number of nitrogens with zero attached hydrogens (tertiary/aromatic N) is 1. The number of piperidine rings is 1. The lowest BCUT2D eigenvalue weighted by molar-refractivity contribution is 0.188. The summed E-state index contributed by atoms with van der Waals surface area (Å²) in [5.74, 6) is 0. The first kappa shape index (κ1) is 15.1. The number of unbranched alkanes of at least 4 members (excludes halogenated alkanes) is 1. The Balaban J connectivity index is 1.52. The lowest BCUT2D eigenvalue weighted by Gasteiger charge is -2.34. The molecule has 21 heavy (non-hydrogen) atoms. The zero-order valence-corrected chi connectivity index (χ0v) is 13.7. The second kappa shape index (κ2) is 6.93. The minimum Gasteiger partial charge on any atom is -0.307 e. The molecule has 2 aliphatic rings. The molecule has 1 unspecified atom stereocenters. The van der Waals surface area contributed by atoms with Crippen molar-refractivity contribution in [2.24, 2.45) is 0 Å². The highest BCUT2D eigenvalue weighted by atomic mass is 15.1. The Morgan fingerprint density at radius 1 is 1.19 bits per heavy atom. The van der Waals surface area contributed by atoms with Gasteiger partial charge in [-0.1, -0.05) is 37.1 Å². The van der Waals surface area contributed by atoms with Crippen LogP contribution in [-0.4, -0.2) is 30.6 Å². The van der Waals surface area contributed by atoms with E-state index < -0.39 is 0 Å². The fraction of sp³-hybridized carbons (Fsp3) is 0.684. The van der Waals surface area contributed by atoms with Crippen LogP contribution in [0.2, 0.25) is 0 Å². The molecular formula is C19H30N2. The second-order valence-electron chi connectivity index (χ2n) is 6.93. The van der Waals surface area contributed by atoms with Gasteiger partial charge >= 0.3 is 0 Å². The maximum atomic E-state index is 3.95. The normalized spacial score (nSPS) is 23.4. The summed E-state index contributed by atoms with van der Waals surface area (Å²) in [5.41, 5.74) is 4.54. The van der Waals surface area contributed by atoms with E-state index in [9.17, 15) is 0 Å². The van der Waals surface area contributed by atoms with E-state index >= 15 is 0 Å². The van der Waals surface area contributed by atoms with Gasteiger partial charge in [-0.3, -0.25) is 0 Å². The molecule has 1 heterocycles. The van der Waals surface area contributed by atoms with Crippen LogP contribution in [0, 0.1) is 6.92 Å². The van der Waals surface area contributed by atoms with Gasteiger partial charge in [0.2, 0.25) is 0 Å². The molecule has 1 aromatic rings. The van der Waals surface area contributed by atoms with Gasteiger partial charge in [0.25, 0.3) is 0 Å². The van der Waals surface area contributed by atoms with Gasteiger partial charge < -0.3 is 10.2 Å². The van der Waals surface area contributed by atoms with Gasteiger partial charge in [-0.25, -0.2) is 0 Å². The van der Waals surface area contributed by atoms with Gasteiger partial charge in [-0.05, 0) is 69.8 Å². The summed E-state index contributed by atoms with van der Waals surface area (Å²) < 4.78 is 0. The first-order valence-electron chi connectivity index (χ1n) is 8.84. The summed E-state index contributed by atoms with van der Waals surface area (Å²) in [6.07, 6.45) is 7.85. The van der Waals surface area contributed by atoms with Crippen LogP contribution in [0.4, 0.5) is 0 Å². The molecular weight excluding hydrogens is 256 g/mol. The van der Waals surface area contributed by atoms with Crippen LogP contribution in [0.3, 0.4) is 0 Å². The molecule has 0 amide bonds. The largest absolute Gasteiger partial charge is 0.307 e. The van der Waals surface area contributed by atoms with Crippen molar-refractivity contribution in [2.45, 2.75) is 64.5 Å². The van der Waals surface area contributed by atoms with E-state index in [4.69, 9.17) is 0 Å². The molecule has 1 fully saturated rings. The van der Waals surface area contributed by atoms with Crippen LogP contribution in [-0.2, 0) is 6.42 Å². The summed E-state index contributed by atoms with van der Waals surface area (Å²) in [6, 6.07) is 8.31. The molecule has 2 heteroatoms. The van der Waals surface area contributed by atoms with Crippen LogP contribution in [0.15, 0.2) is 18.2 Å². The highest BCUT2D eigenvalue weighted by Gasteiger charge is 2.26. The number of rotatable bonds is 5. The Kier molecular flexibility index (Phi) is 4.97. The number of fused-ring (bicyclic) bond motifs is 1. The van der Waals surface area contributed by atoms with E-state index in [1.807, 2.05) is 0 Å². The topological polar surface area (TPSA) is 15.3 Å². The Hall–Kier alpha value is -0.860. The number of likely N-dealkylation sites (tertiary alicyclic amines) is 1. The summed E-state index contributed by atoms with van der Waals surface area (Å²) in [6.45, 7) is 8.36. The lowest BCUT2D eigenvalue weighted by atomic mass is 10.0. The number of aryl methyl sites for hydroxylation is 2. The number of hydrogen-bond donors (Lipinski definition) is 1. The first-order chi connectivity index (χ1) is 10.3. The van der Waals surface area contributed by atoms with E-state index in [0.29, 0.717) is 6.04 Å². The van der Waals surface area contributed by atoms with Crippen molar-refractivity contribution >= 4 is 0 Å². The molecule has 0 spiro atoms. The maximum absolute atomic E-state index is 3.95. The summed E-state index contributed by atoms with van der Waals surface area (Å²) in [7, 11) is 0. The molecule has 0 radical (unpaired) electrons. The van der Waals surface area contributed by atoms with Gasteiger partial charge in [0.05, 0.1) is 0 Å². The minimum atomic E-state index is 0.604. The van der Waals surface area contributed by atoms with Crippen molar-refractivity contribution in [1.29, 1.82) is 0 Å². The Bertz CT molecular complexity index is 461. The summed E-state index contributed by atoms with van der Waals surface area (Å²) in [5, 5.41) is 3.95. The molecule has 1 N–H and O–H groups in total. The first-order valence-corrected chi connectivity index (χ1v) is 8.84. The predicted molar refractivity (Wildman–Crippen MR) is 89.7 cm³/mol. The van der Waals surface area contributed by atoms with Crippen molar-refractivity contribution < 1.29 is 0 Å². The number of hydrogen-bond acceptors (Lipinski definition) is 2. The Morgan fingerprint density at radius 3 is 2.76 bits per heavy atom. The number of nitrogens with one attached hydrogen (secondary N) is 1. The standard InChI is InChI=1S/C19H30N2/c1-3-4-11-21-12-9-17(10-13-21)20-19-8-7-16-6-5-15(2)14-18(16)19/h5-6,14,17,19-20H,3-4,7-13H2,1-2H3. The number of benzene rings is 1. The van der Waals surface area contributed by atoms with E-state index in [0.717, 1.165) is 6.04 Å². The van der Waals surface area contributed by atoms with Crippen LogP contribution in [0.5, 0.6) is 0 Å². The zero-order valence-electron chi connectivity index (χ0n) is 13.7. The minimum absolute atomic E-state index is 0.604. The third kappa shape index (κ3) is 3.67. The van der Waals surface area contributed by atoms with Gasteiger partial charge in [-0.2, -0.15) is 0 Å². The molecule has 3 rings (SSSR count). The maximum Gasteiger partial charge on any atom is 0.0328 e. The zero-order chi connectivity index (χ0) is 14.7. The van der Waals surface area contributed by atoms with Crippen LogP contribution in [0.25, 0.3) is 0 Å². The molecule has 1 aromatic carbocycles. The van der Waals surface area contributed by atoms with Crippen molar-refractivity contribution in [3.05, 3.63) is 34.9 Å². The van der Waals surface area contributed by atoms with Gasteiger partial charge in [-0.15, -0.1) is 0 Å². The van der Waals surface area contributed by atoms with Crippen molar-refractivity contribution in [3.63, 3.8) is 0 Å². The quantitative estimate of drug-likeness (QED) is 0.885. The van der Waals surface area contributed by atoms with Crippen LogP contribution >= 0.6 is 0 Å². The lowest BCUT2D eigenvalue weighted by Crippen LogP contribution is -2.43. The van der Waals surface area contributed by atoms with Crippen molar-refractivity contribution in [3.8, 4) is 0 Å². The van der Waals surface area contributed by atoms with Gasteiger partial charge in [0.1, 0.15) is 0 Å². The molecule has 1 aliphatic heterocycles. The molecule has 1 saturated heterocycles. The summed E-state index contributed by atoms with van der Waals surface area (Å²) in [4.78, 5) is 2.65. The van der Waals surface area contributed by atoms with E-state index in [1.165, 1.54) is 63.7 Å². The fourth-order valence-corrected chi connectivity index (χ4v) is 3.88. The highest BCUT2D eigenvalue weighted by molar-refractivity contribution is 5.37. The average Bonchev–Trinajstić information content (AvgIpc) is 2.89. The monoisotopic (exact) mass is 286 g/mol. The van der Waals surface area contributed by atoms with Gasteiger partial charge in [0, 0.05) is 12.1 Å². The Morgan fingerprint density at radius 2 is 2.00 bits per heavy atom. The smallest absolute Gasteiger partial charge is 0.0328 e. The predicted octanol–water partition coefficient (Wildman–Crippen LogP) is 3.84. The molecule has 1 aliphatic carbocycles. The van der Waals surface area contributed by atoms with Crippen LogP contribution < -0.4 is 5.32 Å². The summed E-state index contributed by atoms with van der Waals surface area (Å²) >= 11 is 0. The third-order valence-corrected chi connectivity index (χ3v) is 5.23. The van der Waals surface area contributed by atoms with Crippen LogP contribution in [0.1, 0.15) is 61.8 Å². The molecule has 0 bridgehead atoms. The fourth-order valence-electron chi connectivity index (χ4n) is 3.88. The third-order valence-electron chi connectivity index (χ3n) is 5.23. The van der Waals surface area contributed by atoms with E-state index in [2.05, 4.69) is 42.3 Å². The van der Waals surface area contributed by atoms with E-state index in [1.54, 1.807) is 11.1 Å². The van der Waals surface area contributed by atoms with Gasteiger partial charge in [0.15, 0.2) is 0 Å². The molecule has 1 atom stereocenters. The second-order valence-corrected chi connectivity index (χ2v) is 6.93. The molecule has 2 nitrogen and oxygen atoms in total. The molecule has 0 aromatic heterocycles. The Labute approximate surface area is 129 Å². The van der Waals surface area contributed by atoms with E-state index in [-0.39, 0.29) is 0 Å². The SMILES string of the molecule is CCCCN1CCC(NC2CCc3ccc(C)cc32)CC1. The van der Waals surface area contributed by atoms with Crippen molar-refractivity contribution in [1.82, 2.24) is 10.2 Å². The molecule has 116 valence electrons. The van der Waals surface area contributed by atoms with Crippen molar-refractivity contribution in [2.75, 3.05) is 19.6 Å². The molecule has 0 saturated carbocycles.